The second-order valence-electron chi connectivity index (χ2n) is 3.41. The van der Waals surface area contributed by atoms with Crippen molar-refractivity contribution in [1.29, 1.82) is 0 Å². The molecule has 0 aromatic heterocycles. The summed E-state index contributed by atoms with van der Waals surface area (Å²) in [6.45, 7) is 0. The van der Waals surface area contributed by atoms with E-state index in [0.29, 0.717) is 7.98 Å². The second-order valence-corrected chi connectivity index (χ2v) is 3.41. The first-order valence-electron chi connectivity index (χ1n) is 2.79. The second kappa shape index (κ2) is 2.55. The van der Waals surface area contributed by atoms with Gasteiger partial charge < -0.3 is 9.12 Å². The summed E-state index contributed by atoms with van der Waals surface area (Å²) in [6, 6.07) is 0. The summed E-state index contributed by atoms with van der Waals surface area (Å²) in [4.78, 5) is 0. The normalized spacial score (nSPS) is 16.1. The molecule has 1 N–H and O–H groups in total. The van der Waals surface area contributed by atoms with E-state index in [0.717, 1.165) is 0 Å². The van der Waals surface area contributed by atoms with Gasteiger partial charge in [0, 0.05) is 21.1 Å². The van der Waals surface area contributed by atoms with Gasteiger partial charge in [-0.15, -0.1) is 0 Å². The Balaban J connectivity index is 3.39. The minimum absolute atomic E-state index is 0.264. The van der Waals surface area contributed by atoms with Gasteiger partial charge in [0.15, 0.2) is 0 Å². The molecule has 1 unspecified atom stereocenters. The monoisotopic (exact) mass is 116 g/mol. The highest BCUT2D eigenvalue weighted by Crippen LogP contribution is 1.76. The van der Waals surface area contributed by atoms with Crippen LogP contribution in [0.1, 0.15) is 0 Å². The third kappa shape index (κ3) is 6.05. The van der Waals surface area contributed by atoms with Crippen molar-refractivity contribution in [3.05, 3.63) is 0 Å². The molecule has 0 radical (unpaired) electrons. The molecule has 4 heteroatoms. The maximum atomic E-state index is 2.34. The van der Waals surface area contributed by atoms with Gasteiger partial charge in [0.25, 0.3) is 0 Å². The first-order chi connectivity index (χ1) is 3.42. The topological polar surface area (TPSA) is 4.44 Å². The minimum Gasteiger partial charge on any atom is -0.691 e. The zero-order valence-electron chi connectivity index (χ0n) is 5.95. The lowest BCUT2D eigenvalue weighted by molar-refractivity contribution is -0.825. The van der Waals surface area contributed by atoms with Crippen molar-refractivity contribution in [2.24, 2.45) is 0 Å². The summed E-state index contributed by atoms with van der Waals surface area (Å²) >= 11 is 0. The maximum Gasteiger partial charge on any atom is 0.343 e. The number of nitrogens with zero attached hydrogens (tertiary/aromatic N) is 1. The van der Waals surface area contributed by atoms with E-state index < -0.39 is 0 Å². The van der Waals surface area contributed by atoms with Crippen LogP contribution in [-0.2, 0) is 0 Å². The lowest BCUT2D eigenvalue weighted by Crippen LogP contribution is -3.12. The van der Waals surface area contributed by atoms with E-state index in [1.165, 1.54) is 4.39 Å². The molecular weight excluding hydrogens is 97.7 g/mol. The maximum absolute atomic E-state index is 2.34. The van der Waals surface area contributed by atoms with Crippen molar-refractivity contribution in [2.75, 3.05) is 28.2 Å². The van der Waals surface area contributed by atoms with E-state index in [9.17, 15) is 0 Å². The van der Waals surface area contributed by atoms with E-state index in [-0.39, 0.29) is 7.55 Å². The van der Waals surface area contributed by atoms with Gasteiger partial charge in [-0.25, -0.2) is 0 Å². The molecule has 0 heterocycles. The zero-order chi connectivity index (χ0) is 6.78. The van der Waals surface area contributed by atoms with E-state index in [2.05, 4.69) is 28.2 Å². The van der Waals surface area contributed by atoms with Crippen LogP contribution < -0.4 is 4.72 Å². The number of nitrogens with one attached hydrogen (secondary N) is 1. The third-order valence-corrected chi connectivity index (χ3v) is 0.894. The molecule has 8 heavy (non-hydrogen) atoms. The SMILES string of the molecule is [BH3-][NH+](C)[BH2-][N+](C)(C)C. The van der Waals surface area contributed by atoms with Crippen molar-refractivity contribution < 1.29 is 9.12 Å². The van der Waals surface area contributed by atoms with Crippen LogP contribution in [-0.4, -0.2) is 48.1 Å². The van der Waals surface area contributed by atoms with Gasteiger partial charge in [-0.3, -0.25) is 0 Å². The Morgan fingerprint density at radius 3 is 1.75 bits per heavy atom. The van der Waals surface area contributed by atoms with Gasteiger partial charge in [0.05, 0.1) is 0 Å². The average Bonchev–Trinajstić information content (AvgIpc) is 1.21. The van der Waals surface area contributed by atoms with Gasteiger partial charge >= 0.3 is 7.55 Å². The molecule has 1 atom stereocenters. The molecule has 0 aromatic rings. The van der Waals surface area contributed by atoms with Crippen molar-refractivity contribution in [1.82, 2.24) is 0 Å². The highest BCUT2D eigenvalue weighted by molar-refractivity contribution is 6.22. The quantitative estimate of drug-likeness (QED) is 0.357. The standard InChI is InChI=1S/C4H18B2N2/c1-7(5)6-8(2,3)4/h7H,6H2,1-5H3. The number of hydrogen-bond acceptors (Lipinski definition) is 0. The summed E-state index contributed by atoms with van der Waals surface area (Å²) in [5.41, 5.74) is 0. The van der Waals surface area contributed by atoms with Crippen molar-refractivity contribution in [3.8, 4) is 0 Å². The van der Waals surface area contributed by atoms with E-state index in [4.69, 9.17) is 0 Å². The summed E-state index contributed by atoms with van der Waals surface area (Å²) in [5, 5.41) is 0. The lowest BCUT2D eigenvalue weighted by atomic mass is 9.99. The summed E-state index contributed by atoms with van der Waals surface area (Å²) in [7, 11) is 10.1. The van der Waals surface area contributed by atoms with E-state index in [1.807, 2.05) is 4.72 Å². The van der Waals surface area contributed by atoms with Crippen LogP contribution in [0.4, 0.5) is 0 Å². The predicted molar refractivity (Wildman–Crippen MR) is 43.4 cm³/mol. The fourth-order valence-electron chi connectivity index (χ4n) is 0.671. The Labute approximate surface area is 53.8 Å². The van der Waals surface area contributed by atoms with Gasteiger partial charge in [-0.05, 0) is 7.05 Å². The largest absolute Gasteiger partial charge is 0.691 e. The van der Waals surface area contributed by atoms with Crippen LogP contribution in [0.25, 0.3) is 0 Å². The Hall–Kier alpha value is 0.0499. The summed E-state index contributed by atoms with van der Waals surface area (Å²) in [5.74, 6) is 0. The van der Waals surface area contributed by atoms with Gasteiger partial charge in [-0.2, -0.15) is 0 Å². The first-order valence-corrected chi connectivity index (χ1v) is 2.79. The molecule has 0 saturated carbocycles. The lowest BCUT2D eigenvalue weighted by Gasteiger charge is -2.37. The Bertz CT molecular complexity index is 66.9. The molecule has 0 fully saturated rings. The molecular formula is C4H18B2N2. The Morgan fingerprint density at radius 2 is 1.75 bits per heavy atom. The molecule has 0 aliphatic carbocycles. The molecule has 0 saturated heterocycles. The van der Waals surface area contributed by atoms with Crippen LogP contribution in [0.3, 0.4) is 0 Å². The Kier molecular flexibility index (Phi) is 2.57. The zero-order valence-corrected chi connectivity index (χ0v) is 5.95. The smallest absolute Gasteiger partial charge is 0.343 e. The molecule has 0 spiro atoms. The number of hydrogen-bond donors (Lipinski definition) is 1. The number of quaternary nitrogens is 2. The van der Waals surface area contributed by atoms with Gasteiger partial charge in [0.2, 0.25) is 0 Å². The van der Waals surface area contributed by atoms with Crippen molar-refractivity contribution in [3.63, 3.8) is 0 Å². The molecule has 0 bridgehead atoms. The molecule has 0 aliphatic rings. The molecule has 0 rings (SSSR count). The molecule has 0 aromatic carbocycles. The third-order valence-electron chi connectivity index (χ3n) is 0.894. The van der Waals surface area contributed by atoms with Gasteiger partial charge in [-0.1, -0.05) is 0 Å². The highest BCUT2D eigenvalue weighted by Gasteiger charge is 2.00. The first kappa shape index (κ1) is 8.05. The van der Waals surface area contributed by atoms with Crippen molar-refractivity contribution >= 4 is 15.5 Å². The molecule has 50 valence electrons. The fraction of sp³-hybridized carbons (Fsp3) is 1.00. The fourth-order valence-corrected chi connectivity index (χ4v) is 0.671. The Morgan fingerprint density at radius 1 is 1.38 bits per heavy atom. The summed E-state index contributed by atoms with van der Waals surface area (Å²) < 4.78 is 3.10. The van der Waals surface area contributed by atoms with Crippen LogP contribution in [0, 0.1) is 0 Å². The predicted octanol–water partition coefficient (Wildman–Crippen LogP) is -3.51. The van der Waals surface area contributed by atoms with Gasteiger partial charge in [0.1, 0.15) is 7.98 Å². The minimum atomic E-state index is 0.264. The van der Waals surface area contributed by atoms with Crippen molar-refractivity contribution in [2.45, 2.75) is 0 Å². The molecule has 0 amide bonds. The van der Waals surface area contributed by atoms with Crippen LogP contribution >= 0.6 is 0 Å². The summed E-state index contributed by atoms with van der Waals surface area (Å²) in [6.07, 6.45) is 0. The highest BCUT2D eigenvalue weighted by atomic mass is 15.3. The molecule has 2 nitrogen and oxygen atoms in total. The van der Waals surface area contributed by atoms with Crippen LogP contribution in [0.15, 0.2) is 0 Å². The van der Waals surface area contributed by atoms with E-state index in [1.54, 1.807) is 0 Å². The van der Waals surface area contributed by atoms with Crippen LogP contribution in [0.2, 0.25) is 0 Å². The molecule has 0 aliphatic heterocycles. The van der Waals surface area contributed by atoms with Crippen LogP contribution in [0.5, 0.6) is 0 Å². The number of rotatable bonds is 2. The van der Waals surface area contributed by atoms with E-state index >= 15 is 0 Å². The average molecular weight is 116 g/mol.